The number of rotatable bonds is 4. The molecule has 0 amide bonds. The molecule has 0 heterocycles. The van der Waals surface area contributed by atoms with Crippen molar-refractivity contribution in [2.24, 2.45) is 0 Å². The lowest BCUT2D eigenvalue weighted by Gasteiger charge is -2.08. The van der Waals surface area contributed by atoms with Crippen LogP contribution in [0.3, 0.4) is 0 Å². The van der Waals surface area contributed by atoms with E-state index in [4.69, 9.17) is 0 Å². The minimum Gasteiger partial charge on any atom is -0.376 e. The molecule has 0 atom stereocenters. The molecule has 0 unspecified atom stereocenters. The molecule has 0 bridgehead atoms. The van der Waals surface area contributed by atoms with Crippen molar-refractivity contribution in [1.82, 2.24) is 8.88 Å². The Morgan fingerprint density at radius 2 is 2.25 bits per heavy atom. The molecular weight excluding hydrogens is 148 g/mol. The maximum atomic E-state index is 3.47. The first kappa shape index (κ1) is 8.57. The van der Waals surface area contributed by atoms with Crippen LogP contribution in [0.15, 0.2) is 0 Å². The van der Waals surface area contributed by atoms with Gasteiger partial charge in [0.1, 0.15) is 0 Å². The maximum Gasteiger partial charge on any atom is 0.155 e. The third kappa shape index (κ3) is 6.57. The molecule has 5 heteroatoms. The zero-order valence-electron chi connectivity index (χ0n) is 6.07. The van der Waals surface area contributed by atoms with Gasteiger partial charge in [-0.3, -0.25) is 0 Å². The highest BCUT2D eigenvalue weighted by Crippen LogP contribution is 1.67. The minimum absolute atomic E-state index is 0.0419. The number of hydrogen-bond donors (Lipinski definition) is 1. The predicted molar refractivity (Wildman–Crippen MR) is 48.6 cm³/mol. The van der Waals surface area contributed by atoms with Crippen molar-refractivity contribution in [1.29, 1.82) is 0 Å². The molecule has 0 aromatic rings. The van der Waals surface area contributed by atoms with Gasteiger partial charge in [-0.05, 0) is 13.0 Å². The third-order valence-corrected chi connectivity index (χ3v) is 3.96. The van der Waals surface area contributed by atoms with Gasteiger partial charge in [0.15, 0.2) is 9.84 Å². The summed E-state index contributed by atoms with van der Waals surface area (Å²) in [4.78, 5) is 3.47. The van der Waals surface area contributed by atoms with Crippen LogP contribution in [-0.4, -0.2) is 41.1 Å². The molecule has 0 fully saturated rings. The van der Waals surface area contributed by atoms with Gasteiger partial charge in [-0.1, -0.05) is 6.92 Å². The summed E-state index contributed by atoms with van der Waals surface area (Å²) in [6.45, 7) is 3.44. The Kier molecular flexibility index (Phi) is 6.11. The summed E-state index contributed by atoms with van der Waals surface area (Å²) in [5.41, 5.74) is 0. The van der Waals surface area contributed by atoms with Gasteiger partial charge in [-0.2, -0.15) is 0 Å². The van der Waals surface area contributed by atoms with E-state index in [0.29, 0.717) is 0 Å². The van der Waals surface area contributed by atoms with Gasteiger partial charge in [0.05, 0.1) is 20.8 Å². The highest BCUT2D eigenvalue weighted by atomic mass is 28.3. The molecule has 0 spiro atoms. The summed E-state index contributed by atoms with van der Waals surface area (Å²) < 4.78 is 2.54. The quantitative estimate of drug-likeness (QED) is 0.349. The summed E-state index contributed by atoms with van der Waals surface area (Å²) in [5.74, 6) is 0. The second-order valence-electron chi connectivity index (χ2n) is 2.24. The van der Waals surface area contributed by atoms with Crippen LogP contribution in [0.4, 0.5) is 0 Å². The largest absolute Gasteiger partial charge is 0.376 e. The average molecular weight is 164 g/mol. The standard InChI is InChI=1S/C3H16N2Si3/c1-2-3-4-8-5(6)7/h4H,2-3,8H2,1,6-7H3. The summed E-state index contributed by atoms with van der Waals surface area (Å²) in [6.07, 6.45) is 1.28. The van der Waals surface area contributed by atoms with E-state index in [1.54, 1.807) is 0 Å². The van der Waals surface area contributed by atoms with Crippen molar-refractivity contribution in [3.8, 4) is 0 Å². The Morgan fingerprint density at radius 3 is 2.62 bits per heavy atom. The molecule has 0 rings (SSSR count). The van der Waals surface area contributed by atoms with Crippen LogP contribution < -0.4 is 4.98 Å². The lowest BCUT2D eigenvalue weighted by Crippen LogP contribution is -2.34. The first-order valence-corrected chi connectivity index (χ1v) is 6.25. The van der Waals surface area contributed by atoms with E-state index in [1.165, 1.54) is 33.8 Å². The van der Waals surface area contributed by atoms with Crippen molar-refractivity contribution < 1.29 is 0 Å². The van der Waals surface area contributed by atoms with E-state index < -0.39 is 0 Å². The first-order valence-electron chi connectivity index (χ1n) is 3.12. The second kappa shape index (κ2) is 5.70. The maximum absolute atomic E-state index is 3.47. The van der Waals surface area contributed by atoms with Crippen LogP contribution in [0, 0.1) is 0 Å². The van der Waals surface area contributed by atoms with Crippen LogP contribution in [0.1, 0.15) is 13.3 Å². The van der Waals surface area contributed by atoms with Crippen molar-refractivity contribution >= 4 is 30.7 Å². The summed E-state index contributed by atoms with van der Waals surface area (Å²) in [7, 11) is 2.60. The highest BCUT2D eigenvalue weighted by molar-refractivity contribution is 6.51. The van der Waals surface area contributed by atoms with Gasteiger partial charge in [-0.25, -0.2) is 0 Å². The SMILES string of the molecule is CCCN[SiH2]N([SiH3])[SiH3]. The molecule has 8 heavy (non-hydrogen) atoms. The lowest BCUT2D eigenvalue weighted by molar-refractivity contribution is 0.839. The van der Waals surface area contributed by atoms with Crippen LogP contribution in [0.5, 0.6) is 0 Å². The molecule has 0 saturated carbocycles. The zero-order valence-corrected chi connectivity index (χ0v) is 11.5. The van der Waals surface area contributed by atoms with Gasteiger partial charge in [-0.15, -0.1) is 0 Å². The Hall–Kier alpha value is 0.571. The van der Waals surface area contributed by atoms with E-state index >= 15 is 0 Å². The van der Waals surface area contributed by atoms with E-state index in [1.807, 2.05) is 0 Å². The molecule has 50 valence electrons. The van der Waals surface area contributed by atoms with E-state index in [2.05, 4.69) is 15.8 Å². The zero-order chi connectivity index (χ0) is 6.41. The van der Waals surface area contributed by atoms with Crippen LogP contribution in [-0.2, 0) is 0 Å². The summed E-state index contributed by atoms with van der Waals surface area (Å²) >= 11 is 0. The third-order valence-electron chi connectivity index (χ3n) is 0.855. The molecule has 0 radical (unpaired) electrons. The fourth-order valence-corrected chi connectivity index (χ4v) is 2.78. The molecule has 0 aliphatic rings. The second-order valence-corrected chi connectivity index (χ2v) is 11.7. The molecule has 0 aromatic carbocycles. The molecule has 0 aromatic heterocycles. The van der Waals surface area contributed by atoms with Crippen molar-refractivity contribution in [2.75, 3.05) is 6.54 Å². The molecule has 1 N–H and O–H groups in total. The van der Waals surface area contributed by atoms with Gasteiger partial charge in [0.25, 0.3) is 0 Å². The normalized spacial score (nSPS) is 12.8. The number of nitrogens with zero attached hydrogens (tertiary/aromatic N) is 1. The fourth-order valence-electron chi connectivity index (χ4n) is 0.479. The molecule has 0 aliphatic heterocycles. The number of nitrogens with one attached hydrogen (secondary N) is 1. The van der Waals surface area contributed by atoms with Crippen LogP contribution in [0.2, 0.25) is 0 Å². The Morgan fingerprint density at radius 1 is 1.62 bits per heavy atom. The predicted octanol–water partition coefficient (Wildman–Crippen LogP) is -3.15. The monoisotopic (exact) mass is 164 g/mol. The van der Waals surface area contributed by atoms with Crippen LogP contribution in [0.25, 0.3) is 0 Å². The minimum atomic E-state index is 0.0419. The number of hydrogen-bond acceptors (Lipinski definition) is 2. The lowest BCUT2D eigenvalue weighted by atomic mass is 10.5. The van der Waals surface area contributed by atoms with E-state index in [0.717, 1.165) is 0 Å². The topological polar surface area (TPSA) is 15.3 Å². The van der Waals surface area contributed by atoms with E-state index in [-0.39, 0.29) is 9.84 Å². The highest BCUT2D eigenvalue weighted by Gasteiger charge is 1.85. The Bertz CT molecular complexity index is 49.8. The first-order chi connectivity index (χ1) is 3.77. The van der Waals surface area contributed by atoms with Gasteiger partial charge < -0.3 is 8.88 Å². The summed E-state index contributed by atoms with van der Waals surface area (Å²) in [6, 6.07) is 0. The van der Waals surface area contributed by atoms with Gasteiger partial charge >= 0.3 is 0 Å². The fraction of sp³-hybridized carbons (Fsp3) is 1.00. The van der Waals surface area contributed by atoms with Crippen LogP contribution >= 0.6 is 0 Å². The van der Waals surface area contributed by atoms with E-state index in [9.17, 15) is 0 Å². The Balaban J connectivity index is 2.72. The van der Waals surface area contributed by atoms with Gasteiger partial charge in [0, 0.05) is 0 Å². The van der Waals surface area contributed by atoms with Crippen molar-refractivity contribution in [3.63, 3.8) is 0 Å². The smallest absolute Gasteiger partial charge is 0.155 e. The van der Waals surface area contributed by atoms with Gasteiger partial charge in [0.2, 0.25) is 0 Å². The molecule has 2 nitrogen and oxygen atoms in total. The molecular formula is C3H16N2Si3. The van der Waals surface area contributed by atoms with Crippen molar-refractivity contribution in [3.05, 3.63) is 0 Å². The summed E-state index contributed by atoms with van der Waals surface area (Å²) in [5, 5.41) is 0. The molecule has 0 saturated heterocycles. The molecule has 0 aliphatic carbocycles. The Labute approximate surface area is 60.0 Å². The average Bonchev–Trinajstić information content (AvgIpc) is 1.66. The van der Waals surface area contributed by atoms with Crippen molar-refractivity contribution in [2.45, 2.75) is 13.3 Å².